The van der Waals surface area contributed by atoms with Gasteiger partial charge in [-0.15, -0.1) is 0 Å². The molecule has 6 heteroatoms. The van der Waals surface area contributed by atoms with Gasteiger partial charge < -0.3 is 10.2 Å². The van der Waals surface area contributed by atoms with E-state index >= 15 is 0 Å². The van der Waals surface area contributed by atoms with Crippen molar-refractivity contribution in [3.63, 3.8) is 0 Å². The molecule has 1 heterocycles. The zero-order chi connectivity index (χ0) is 13.1. The second-order valence-corrected chi connectivity index (χ2v) is 5.52. The molecule has 4 nitrogen and oxygen atoms in total. The lowest BCUT2D eigenvalue weighted by Gasteiger charge is -1.96. The van der Waals surface area contributed by atoms with E-state index < -0.39 is 5.97 Å². The van der Waals surface area contributed by atoms with Crippen LogP contribution in [0, 0.1) is 0 Å². The molecule has 0 amide bonds. The van der Waals surface area contributed by atoms with Crippen molar-refractivity contribution in [2.24, 2.45) is 0 Å². The molecule has 1 aromatic heterocycles. The van der Waals surface area contributed by atoms with E-state index in [9.17, 15) is 4.79 Å². The summed E-state index contributed by atoms with van der Waals surface area (Å²) in [6.07, 6.45) is 0.692. The Morgan fingerprint density at radius 2 is 2.22 bits per heavy atom. The van der Waals surface area contributed by atoms with Crippen molar-refractivity contribution < 1.29 is 19.6 Å². The molecule has 0 aliphatic heterocycles. The van der Waals surface area contributed by atoms with E-state index in [0.717, 1.165) is 27.1 Å². The molecule has 0 bridgehead atoms. The molecule has 0 saturated heterocycles. The highest BCUT2D eigenvalue weighted by Gasteiger charge is 2.20. The Hall–Kier alpha value is -0.980. The van der Waals surface area contributed by atoms with Crippen molar-refractivity contribution in [2.45, 2.75) is 18.3 Å². The number of hydrogen-bond donors (Lipinski definition) is 2. The number of aryl methyl sites for hydroxylation is 1. The number of hydrogen-bond acceptors (Lipinski definition) is 3. The van der Waals surface area contributed by atoms with Crippen LogP contribution in [0.1, 0.15) is 21.8 Å². The van der Waals surface area contributed by atoms with Gasteiger partial charge >= 0.3 is 5.97 Å². The van der Waals surface area contributed by atoms with Gasteiger partial charge in [0.05, 0.1) is 10.9 Å². The fourth-order valence-corrected chi connectivity index (χ4v) is 3.56. The number of carboxylic acids is 1. The highest BCUT2D eigenvalue weighted by molar-refractivity contribution is 9.08. The highest BCUT2D eigenvalue weighted by atomic mass is 79.9. The summed E-state index contributed by atoms with van der Waals surface area (Å²) >= 11 is 5.01. The Labute approximate surface area is 117 Å². The highest BCUT2D eigenvalue weighted by Crippen LogP contribution is 2.23. The van der Waals surface area contributed by atoms with E-state index in [0.29, 0.717) is 12.0 Å². The first-order valence-corrected chi connectivity index (χ1v) is 7.46. The molecule has 1 aromatic carbocycles. The normalized spacial score (nSPS) is 11.0. The van der Waals surface area contributed by atoms with Gasteiger partial charge in [0.2, 0.25) is 10.5 Å². The average Bonchev–Trinajstić information content (AvgIpc) is 2.72. The van der Waals surface area contributed by atoms with Crippen molar-refractivity contribution in [3.05, 3.63) is 28.8 Å². The van der Waals surface area contributed by atoms with Crippen molar-refractivity contribution in [1.29, 1.82) is 0 Å². The average molecular weight is 331 g/mol. The lowest BCUT2D eigenvalue weighted by molar-refractivity contribution is -0.673. The van der Waals surface area contributed by atoms with E-state index in [1.54, 1.807) is 23.5 Å². The Bertz CT molecular complexity index is 582. The number of benzene rings is 1. The number of fused-ring (bicyclic) bond motifs is 1. The first kappa shape index (κ1) is 13.5. The third-order valence-corrected chi connectivity index (χ3v) is 4.73. The smallest absolute Gasteiger partial charge is 0.335 e. The maximum absolute atomic E-state index is 10.9. The second kappa shape index (κ2) is 5.77. The minimum atomic E-state index is -0.910. The van der Waals surface area contributed by atoms with E-state index in [-0.39, 0.29) is 6.61 Å². The molecule has 0 fully saturated rings. The molecule has 0 aliphatic carbocycles. The van der Waals surface area contributed by atoms with Crippen LogP contribution in [-0.2, 0) is 11.9 Å². The third kappa shape index (κ3) is 2.55. The van der Waals surface area contributed by atoms with Gasteiger partial charge in [0.1, 0.15) is 4.70 Å². The van der Waals surface area contributed by atoms with Crippen LogP contribution < -0.4 is 4.57 Å². The summed E-state index contributed by atoms with van der Waals surface area (Å²) in [6, 6.07) is 5.15. The van der Waals surface area contributed by atoms with Gasteiger partial charge in [-0.05, 0) is 12.1 Å². The number of carbonyl (C=O) groups is 1. The van der Waals surface area contributed by atoms with E-state index in [1.165, 1.54) is 0 Å². The SMILES string of the molecule is O=C(O)c1ccc2c(c1)sc(CBr)[n+]2CCCO. The molecule has 0 aliphatic rings. The van der Waals surface area contributed by atoms with Gasteiger partial charge in [-0.3, -0.25) is 0 Å². The first-order valence-electron chi connectivity index (χ1n) is 5.52. The fourth-order valence-electron chi connectivity index (χ4n) is 1.84. The number of aromatic nitrogens is 1. The summed E-state index contributed by atoms with van der Waals surface area (Å²) < 4.78 is 3.08. The fraction of sp³-hybridized carbons (Fsp3) is 0.333. The molecule has 0 spiro atoms. The number of rotatable bonds is 5. The van der Waals surface area contributed by atoms with Crippen LogP contribution in [0.25, 0.3) is 10.2 Å². The summed E-state index contributed by atoms with van der Waals surface area (Å²) in [4.78, 5) is 10.9. The van der Waals surface area contributed by atoms with Crippen LogP contribution in [0.3, 0.4) is 0 Å². The molecule has 0 unspecified atom stereocenters. The first-order chi connectivity index (χ1) is 8.67. The number of nitrogens with zero attached hydrogens (tertiary/aromatic N) is 1. The summed E-state index contributed by atoms with van der Waals surface area (Å²) in [6.45, 7) is 0.892. The summed E-state index contributed by atoms with van der Waals surface area (Å²) in [7, 11) is 0. The molecule has 96 valence electrons. The van der Waals surface area contributed by atoms with E-state index in [1.807, 2.05) is 6.07 Å². The van der Waals surface area contributed by atoms with Crippen molar-refractivity contribution in [2.75, 3.05) is 6.61 Å². The Balaban J connectivity index is 2.51. The lowest BCUT2D eigenvalue weighted by atomic mass is 10.2. The molecular weight excluding hydrogens is 318 g/mol. The molecule has 18 heavy (non-hydrogen) atoms. The topological polar surface area (TPSA) is 61.4 Å². The molecule has 2 rings (SSSR count). The standard InChI is InChI=1S/C12H12BrNO3S/c13-7-11-14(4-1-5-15)9-3-2-8(12(16)17)6-10(9)18-11/h2-3,6,15H,1,4-5,7H2/p+1. The summed E-state index contributed by atoms with van der Waals surface area (Å²) in [5.74, 6) is -0.910. The summed E-state index contributed by atoms with van der Waals surface area (Å²) in [5.41, 5.74) is 1.33. The van der Waals surface area contributed by atoms with Crippen molar-refractivity contribution >= 4 is 43.5 Å². The number of aliphatic hydroxyl groups excluding tert-OH is 1. The Kier molecular flexibility index (Phi) is 4.31. The second-order valence-electron chi connectivity index (χ2n) is 3.85. The monoisotopic (exact) mass is 330 g/mol. The van der Waals surface area contributed by atoms with Crippen LogP contribution in [0.5, 0.6) is 0 Å². The van der Waals surface area contributed by atoms with Crippen molar-refractivity contribution in [1.82, 2.24) is 0 Å². The number of thiazole rings is 1. The van der Waals surface area contributed by atoms with Crippen LogP contribution >= 0.6 is 27.3 Å². The molecule has 2 aromatic rings. The minimum absolute atomic E-state index is 0.152. The lowest BCUT2D eigenvalue weighted by Crippen LogP contribution is -2.36. The molecular formula is C12H13BrNO3S+. The van der Waals surface area contributed by atoms with E-state index in [2.05, 4.69) is 20.5 Å². The number of halogens is 1. The molecule has 0 radical (unpaired) electrons. The maximum Gasteiger partial charge on any atom is 0.335 e. The van der Waals surface area contributed by atoms with Crippen LogP contribution in [-0.4, -0.2) is 22.8 Å². The zero-order valence-corrected chi connectivity index (χ0v) is 12.0. The van der Waals surface area contributed by atoms with Gasteiger partial charge in [-0.25, -0.2) is 4.79 Å². The predicted octanol–water partition coefficient (Wildman–Crippen LogP) is 2.16. The predicted molar refractivity (Wildman–Crippen MR) is 73.3 cm³/mol. The van der Waals surface area contributed by atoms with Gasteiger partial charge in [-0.2, -0.15) is 4.57 Å². The largest absolute Gasteiger partial charge is 0.478 e. The molecule has 2 N–H and O–H groups in total. The number of aromatic carboxylic acids is 1. The number of carboxylic acid groups (broad SMARTS) is 1. The Morgan fingerprint density at radius 3 is 2.83 bits per heavy atom. The van der Waals surface area contributed by atoms with Gasteiger partial charge in [0.25, 0.3) is 0 Å². The van der Waals surface area contributed by atoms with E-state index in [4.69, 9.17) is 10.2 Å². The Morgan fingerprint density at radius 1 is 1.44 bits per heavy atom. The number of alkyl halides is 1. The van der Waals surface area contributed by atoms with Crippen LogP contribution in [0.2, 0.25) is 0 Å². The third-order valence-electron chi connectivity index (χ3n) is 2.68. The quantitative estimate of drug-likeness (QED) is 0.652. The van der Waals surface area contributed by atoms with Crippen LogP contribution in [0.4, 0.5) is 0 Å². The summed E-state index contributed by atoms with van der Waals surface area (Å²) in [5, 5.41) is 19.7. The maximum atomic E-state index is 10.9. The number of aliphatic hydroxyl groups is 1. The van der Waals surface area contributed by atoms with Crippen LogP contribution in [0.15, 0.2) is 18.2 Å². The van der Waals surface area contributed by atoms with Gasteiger partial charge in [-0.1, -0.05) is 27.3 Å². The van der Waals surface area contributed by atoms with Gasteiger partial charge in [0.15, 0.2) is 6.54 Å². The molecule has 0 saturated carbocycles. The zero-order valence-electron chi connectivity index (χ0n) is 9.60. The van der Waals surface area contributed by atoms with Crippen molar-refractivity contribution in [3.8, 4) is 0 Å². The van der Waals surface area contributed by atoms with Gasteiger partial charge in [0, 0.05) is 19.1 Å². The molecule has 0 atom stereocenters. The minimum Gasteiger partial charge on any atom is -0.478 e.